The predicted octanol–water partition coefficient (Wildman–Crippen LogP) is 2.29. The van der Waals surface area contributed by atoms with E-state index in [0.29, 0.717) is 16.7 Å². The maximum Gasteiger partial charge on any atom is 0.573 e. The number of carbonyl (C=O) groups excluding carboxylic acids is 2. The van der Waals surface area contributed by atoms with Crippen molar-refractivity contribution < 1.29 is 27.5 Å². The highest BCUT2D eigenvalue weighted by Gasteiger charge is 2.34. The van der Waals surface area contributed by atoms with E-state index in [2.05, 4.69) is 15.0 Å². The number of amides is 2. The van der Waals surface area contributed by atoms with Crippen molar-refractivity contribution in [2.24, 2.45) is 10.7 Å². The van der Waals surface area contributed by atoms with Crippen LogP contribution in [0.2, 0.25) is 0 Å². The number of nitrogens with zero attached hydrogens (tertiary/aromatic N) is 2. The van der Waals surface area contributed by atoms with E-state index in [4.69, 9.17) is 5.73 Å². The average molecular weight is 406 g/mol. The van der Waals surface area contributed by atoms with Crippen LogP contribution < -0.4 is 15.8 Å². The molecule has 2 aromatic rings. The van der Waals surface area contributed by atoms with Crippen LogP contribution in [0.25, 0.3) is 0 Å². The average Bonchev–Trinajstić information content (AvgIpc) is 2.91. The van der Waals surface area contributed by atoms with Crippen LogP contribution in [0.15, 0.2) is 53.5 Å². The Hall–Kier alpha value is -3.56. The standard InChI is InChI=1S/C19H17F3N4O3/c20-19(21,22)29-13-7-5-12(6-8-13)11-25-18(23)24-9-10-26-16(27)14-3-1-2-4-15(14)17(26)28/h1-8H,9-11H2,(H3,23,24,25). The minimum Gasteiger partial charge on any atom is -0.406 e. The van der Waals surface area contributed by atoms with Crippen LogP contribution in [-0.4, -0.2) is 42.1 Å². The predicted molar refractivity (Wildman–Crippen MR) is 98.3 cm³/mol. The topological polar surface area (TPSA) is 97.0 Å². The third-order valence-electron chi connectivity index (χ3n) is 4.11. The third kappa shape index (κ3) is 5.03. The summed E-state index contributed by atoms with van der Waals surface area (Å²) in [5.74, 6) is -0.956. The fourth-order valence-electron chi connectivity index (χ4n) is 2.77. The van der Waals surface area contributed by atoms with Crippen molar-refractivity contribution in [3.8, 4) is 5.75 Å². The van der Waals surface area contributed by atoms with E-state index in [0.717, 1.165) is 4.90 Å². The molecule has 2 aromatic carbocycles. The van der Waals surface area contributed by atoms with Gasteiger partial charge in [-0.25, -0.2) is 4.99 Å². The summed E-state index contributed by atoms with van der Waals surface area (Å²) >= 11 is 0. The maximum absolute atomic E-state index is 12.2. The van der Waals surface area contributed by atoms with E-state index >= 15 is 0 Å². The Morgan fingerprint density at radius 1 is 1.03 bits per heavy atom. The van der Waals surface area contributed by atoms with Crippen LogP contribution in [-0.2, 0) is 6.54 Å². The molecule has 2 amide bonds. The van der Waals surface area contributed by atoms with Crippen LogP contribution >= 0.6 is 0 Å². The molecule has 0 unspecified atom stereocenters. The molecule has 3 N–H and O–H groups in total. The molecule has 7 nitrogen and oxygen atoms in total. The van der Waals surface area contributed by atoms with Gasteiger partial charge in [-0.05, 0) is 29.8 Å². The van der Waals surface area contributed by atoms with Gasteiger partial charge in [0.15, 0.2) is 5.96 Å². The SMILES string of the molecule is NC(=NCc1ccc(OC(F)(F)F)cc1)NCCN1C(=O)c2ccccc2C1=O. The van der Waals surface area contributed by atoms with Crippen molar-refractivity contribution in [3.63, 3.8) is 0 Å². The summed E-state index contributed by atoms with van der Waals surface area (Å²) in [5, 5.41) is 2.80. The Balaban J connectivity index is 1.48. The molecule has 0 spiro atoms. The lowest BCUT2D eigenvalue weighted by molar-refractivity contribution is -0.274. The number of rotatable bonds is 6. The summed E-state index contributed by atoms with van der Waals surface area (Å²) in [7, 11) is 0. The molecule has 0 bridgehead atoms. The Kier molecular flexibility index (Phi) is 5.71. The number of alkyl halides is 3. The lowest BCUT2D eigenvalue weighted by Gasteiger charge is -2.14. The largest absolute Gasteiger partial charge is 0.573 e. The lowest BCUT2D eigenvalue weighted by atomic mass is 10.1. The van der Waals surface area contributed by atoms with Gasteiger partial charge in [0.2, 0.25) is 0 Å². The number of halogens is 3. The summed E-state index contributed by atoms with van der Waals surface area (Å²) < 4.78 is 40.2. The van der Waals surface area contributed by atoms with Gasteiger partial charge in [0.05, 0.1) is 17.7 Å². The first-order valence-corrected chi connectivity index (χ1v) is 8.58. The first-order chi connectivity index (χ1) is 13.7. The number of nitrogens with one attached hydrogen (secondary N) is 1. The lowest BCUT2D eigenvalue weighted by Crippen LogP contribution is -2.40. The molecule has 10 heteroatoms. The van der Waals surface area contributed by atoms with E-state index in [9.17, 15) is 22.8 Å². The smallest absolute Gasteiger partial charge is 0.406 e. The number of ether oxygens (including phenoxy) is 1. The second kappa shape index (κ2) is 8.21. The van der Waals surface area contributed by atoms with E-state index in [1.807, 2.05) is 0 Å². The van der Waals surface area contributed by atoms with Gasteiger partial charge in [0.25, 0.3) is 11.8 Å². The second-order valence-corrected chi connectivity index (χ2v) is 6.13. The monoisotopic (exact) mass is 406 g/mol. The number of hydrogen-bond acceptors (Lipinski definition) is 4. The summed E-state index contributed by atoms with van der Waals surface area (Å²) in [6.45, 7) is 0.462. The molecule has 1 heterocycles. The first-order valence-electron chi connectivity index (χ1n) is 8.58. The summed E-state index contributed by atoms with van der Waals surface area (Å²) in [4.78, 5) is 29.7. The zero-order valence-corrected chi connectivity index (χ0v) is 15.1. The molecule has 0 radical (unpaired) electrons. The van der Waals surface area contributed by atoms with E-state index < -0.39 is 6.36 Å². The number of guanidine groups is 1. The normalized spacial score (nSPS) is 14.2. The van der Waals surface area contributed by atoms with E-state index in [1.165, 1.54) is 24.3 Å². The summed E-state index contributed by atoms with van der Waals surface area (Å²) in [5.41, 5.74) is 7.12. The number of carbonyl (C=O) groups is 2. The van der Waals surface area contributed by atoms with Gasteiger partial charge >= 0.3 is 6.36 Å². The van der Waals surface area contributed by atoms with Gasteiger partial charge in [-0.3, -0.25) is 14.5 Å². The minimum absolute atomic E-state index is 0.0808. The molecule has 3 rings (SSSR count). The third-order valence-corrected chi connectivity index (χ3v) is 4.11. The molecule has 1 aliphatic rings. The molecule has 0 fully saturated rings. The van der Waals surface area contributed by atoms with E-state index in [1.54, 1.807) is 24.3 Å². The second-order valence-electron chi connectivity index (χ2n) is 6.13. The molecular formula is C19H17F3N4O3. The number of benzene rings is 2. The fourth-order valence-corrected chi connectivity index (χ4v) is 2.77. The van der Waals surface area contributed by atoms with Crippen molar-refractivity contribution in [1.82, 2.24) is 10.2 Å². The van der Waals surface area contributed by atoms with Gasteiger partial charge in [-0.2, -0.15) is 0 Å². The van der Waals surface area contributed by atoms with Crippen LogP contribution in [0.5, 0.6) is 5.75 Å². The molecular weight excluding hydrogens is 389 g/mol. The molecule has 29 heavy (non-hydrogen) atoms. The molecule has 0 aliphatic carbocycles. The molecule has 0 saturated heterocycles. The van der Waals surface area contributed by atoms with Gasteiger partial charge in [-0.1, -0.05) is 24.3 Å². The zero-order valence-electron chi connectivity index (χ0n) is 15.1. The number of aliphatic imine (C=N–C) groups is 1. The molecule has 0 aromatic heterocycles. The minimum atomic E-state index is -4.74. The Bertz CT molecular complexity index is 907. The van der Waals surface area contributed by atoms with Gasteiger partial charge in [0, 0.05) is 13.1 Å². The molecule has 1 aliphatic heterocycles. The van der Waals surface area contributed by atoms with Crippen molar-refractivity contribution in [1.29, 1.82) is 0 Å². The van der Waals surface area contributed by atoms with Crippen LogP contribution in [0, 0.1) is 0 Å². The van der Waals surface area contributed by atoms with Crippen molar-refractivity contribution >= 4 is 17.8 Å². The fraction of sp³-hybridized carbons (Fsp3) is 0.211. The van der Waals surface area contributed by atoms with Crippen molar-refractivity contribution in [2.75, 3.05) is 13.1 Å². The first kappa shape index (κ1) is 20.2. The van der Waals surface area contributed by atoms with Crippen molar-refractivity contribution in [2.45, 2.75) is 12.9 Å². The Morgan fingerprint density at radius 3 is 2.17 bits per heavy atom. The van der Waals surface area contributed by atoms with E-state index in [-0.39, 0.29) is 43.2 Å². The Labute approximate surface area is 164 Å². The maximum atomic E-state index is 12.2. The number of imide groups is 1. The Morgan fingerprint density at radius 2 is 1.62 bits per heavy atom. The summed E-state index contributed by atoms with van der Waals surface area (Å²) in [6, 6.07) is 11.8. The summed E-state index contributed by atoms with van der Waals surface area (Å²) in [6.07, 6.45) is -4.74. The van der Waals surface area contributed by atoms with Crippen LogP contribution in [0.1, 0.15) is 26.3 Å². The van der Waals surface area contributed by atoms with Gasteiger partial charge in [0.1, 0.15) is 5.75 Å². The van der Waals surface area contributed by atoms with Crippen LogP contribution in [0.3, 0.4) is 0 Å². The molecule has 0 atom stereocenters. The zero-order chi connectivity index (χ0) is 21.0. The van der Waals surface area contributed by atoms with Gasteiger partial charge in [-0.15, -0.1) is 13.2 Å². The van der Waals surface area contributed by atoms with Crippen molar-refractivity contribution in [3.05, 3.63) is 65.2 Å². The quantitative estimate of drug-likeness (QED) is 0.436. The number of fused-ring (bicyclic) bond motifs is 1. The highest BCUT2D eigenvalue weighted by molar-refractivity contribution is 6.21. The number of nitrogens with two attached hydrogens (primary N) is 1. The molecule has 0 saturated carbocycles. The number of hydrogen-bond donors (Lipinski definition) is 2. The highest BCUT2D eigenvalue weighted by Crippen LogP contribution is 2.23. The van der Waals surface area contributed by atoms with Crippen LogP contribution in [0.4, 0.5) is 13.2 Å². The highest BCUT2D eigenvalue weighted by atomic mass is 19.4. The molecule has 152 valence electrons. The van der Waals surface area contributed by atoms with Gasteiger partial charge < -0.3 is 15.8 Å².